The lowest BCUT2D eigenvalue weighted by atomic mass is 10.1. The first-order chi connectivity index (χ1) is 15.1. The molecule has 0 spiro atoms. The molecule has 0 radical (unpaired) electrons. The number of carbonyl (C=O) groups excluding carboxylic acids is 1. The Hall–Kier alpha value is -3.71. The predicted molar refractivity (Wildman–Crippen MR) is 126 cm³/mol. The first kappa shape index (κ1) is 20.6. The number of carbonyl (C=O) groups is 1. The van der Waals surface area contributed by atoms with E-state index in [1.165, 1.54) is 5.56 Å². The molecule has 4 aromatic rings. The molecular weight excluding hydrogens is 410 g/mol. The molecule has 1 amide bonds. The van der Waals surface area contributed by atoms with Gasteiger partial charge in [0.25, 0.3) is 5.91 Å². The van der Waals surface area contributed by atoms with Crippen LogP contribution < -0.4 is 15.4 Å². The fourth-order valence-electron chi connectivity index (χ4n) is 3.12. The van der Waals surface area contributed by atoms with Crippen molar-refractivity contribution in [2.75, 3.05) is 12.4 Å². The Morgan fingerprint density at radius 1 is 1.10 bits per heavy atom. The number of rotatable bonds is 5. The molecule has 0 bridgehead atoms. The molecule has 0 saturated carbocycles. The standard InChI is InChI=1S/C24H21N3O3S/c1-3-15-7-9-16(10-8-15)22(28)27-24(31)25-18-6-4-5-17(13-18)23-26-20-14-19(29-2)11-12-21(20)30-23/h4-14H,3H2,1-2H3,(H2,25,27,28,31). The largest absolute Gasteiger partial charge is 0.497 e. The average Bonchev–Trinajstić information content (AvgIpc) is 3.22. The van der Waals surface area contributed by atoms with Crippen LogP contribution >= 0.6 is 12.2 Å². The number of nitrogens with one attached hydrogen (secondary N) is 2. The zero-order valence-electron chi connectivity index (χ0n) is 17.1. The van der Waals surface area contributed by atoms with Gasteiger partial charge in [0.15, 0.2) is 10.7 Å². The van der Waals surface area contributed by atoms with Crippen LogP contribution in [-0.2, 0) is 6.42 Å². The Morgan fingerprint density at radius 2 is 1.90 bits per heavy atom. The Morgan fingerprint density at radius 3 is 2.65 bits per heavy atom. The van der Waals surface area contributed by atoms with Crippen LogP contribution in [0, 0.1) is 0 Å². The van der Waals surface area contributed by atoms with E-state index in [0.717, 1.165) is 12.0 Å². The number of thiocarbonyl (C=S) groups is 1. The van der Waals surface area contributed by atoms with Crippen molar-refractivity contribution in [3.8, 4) is 17.2 Å². The summed E-state index contributed by atoms with van der Waals surface area (Å²) in [6, 6.07) is 20.4. The van der Waals surface area contributed by atoms with Gasteiger partial charge in [0, 0.05) is 22.9 Å². The molecular formula is C24H21N3O3S. The van der Waals surface area contributed by atoms with Gasteiger partial charge in [0.1, 0.15) is 11.3 Å². The predicted octanol–water partition coefficient (Wildman–Crippen LogP) is 5.19. The lowest BCUT2D eigenvalue weighted by molar-refractivity contribution is 0.0977. The van der Waals surface area contributed by atoms with Crippen molar-refractivity contribution in [1.29, 1.82) is 0 Å². The molecule has 3 aromatic carbocycles. The van der Waals surface area contributed by atoms with Crippen LogP contribution in [0.15, 0.2) is 71.1 Å². The molecule has 156 valence electrons. The summed E-state index contributed by atoms with van der Waals surface area (Å²) in [5, 5.41) is 5.95. The number of oxazole rings is 1. The number of anilines is 1. The first-order valence-corrected chi connectivity index (χ1v) is 10.2. The van der Waals surface area contributed by atoms with Gasteiger partial charge in [-0.05, 0) is 66.7 Å². The maximum absolute atomic E-state index is 12.4. The van der Waals surface area contributed by atoms with E-state index < -0.39 is 0 Å². The van der Waals surface area contributed by atoms with E-state index in [2.05, 4.69) is 22.5 Å². The van der Waals surface area contributed by atoms with Crippen molar-refractivity contribution < 1.29 is 13.9 Å². The maximum Gasteiger partial charge on any atom is 0.257 e. The van der Waals surface area contributed by atoms with Gasteiger partial charge in [-0.2, -0.15) is 0 Å². The Balaban J connectivity index is 1.46. The minimum atomic E-state index is -0.260. The summed E-state index contributed by atoms with van der Waals surface area (Å²) in [6.45, 7) is 2.07. The molecule has 0 aliphatic carbocycles. The second kappa shape index (κ2) is 8.97. The summed E-state index contributed by atoms with van der Waals surface area (Å²) < 4.78 is 11.1. The molecule has 0 atom stereocenters. The van der Waals surface area contributed by atoms with Crippen LogP contribution in [0.25, 0.3) is 22.6 Å². The van der Waals surface area contributed by atoms with Crippen molar-refractivity contribution in [1.82, 2.24) is 10.3 Å². The van der Waals surface area contributed by atoms with Gasteiger partial charge in [0.2, 0.25) is 5.89 Å². The third-order valence-corrected chi connectivity index (χ3v) is 5.02. The Labute approximate surface area is 185 Å². The Kier molecular flexibility index (Phi) is 5.95. The second-order valence-electron chi connectivity index (χ2n) is 6.89. The summed E-state index contributed by atoms with van der Waals surface area (Å²) in [5.74, 6) is 0.940. The summed E-state index contributed by atoms with van der Waals surface area (Å²) in [6.07, 6.45) is 0.922. The highest BCUT2D eigenvalue weighted by Gasteiger charge is 2.11. The number of aromatic nitrogens is 1. The van der Waals surface area contributed by atoms with Crippen molar-refractivity contribution in [2.24, 2.45) is 0 Å². The summed E-state index contributed by atoms with van der Waals surface area (Å²) in [4.78, 5) is 16.9. The highest BCUT2D eigenvalue weighted by molar-refractivity contribution is 7.80. The number of amides is 1. The number of hydrogen-bond donors (Lipinski definition) is 2. The summed E-state index contributed by atoms with van der Waals surface area (Å²) >= 11 is 5.30. The van der Waals surface area contributed by atoms with E-state index in [4.69, 9.17) is 21.4 Å². The lowest BCUT2D eigenvalue weighted by Crippen LogP contribution is -2.34. The molecule has 6 nitrogen and oxygen atoms in total. The van der Waals surface area contributed by atoms with Crippen LogP contribution in [0.1, 0.15) is 22.8 Å². The van der Waals surface area contributed by atoms with Gasteiger partial charge in [-0.3, -0.25) is 10.1 Å². The van der Waals surface area contributed by atoms with Gasteiger partial charge < -0.3 is 14.5 Å². The topological polar surface area (TPSA) is 76.4 Å². The van der Waals surface area contributed by atoms with Gasteiger partial charge in [-0.1, -0.05) is 25.1 Å². The lowest BCUT2D eigenvalue weighted by Gasteiger charge is -2.10. The van der Waals surface area contributed by atoms with Crippen LogP contribution in [0.2, 0.25) is 0 Å². The maximum atomic E-state index is 12.4. The minimum Gasteiger partial charge on any atom is -0.497 e. The molecule has 7 heteroatoms. The normalized spacial score (nSPS) is 10.6. The average molecular weight is 432 g/mol. The third kappa shape index (κ3) is 4.73. The zero-order valence-corrected chi connectivity index (χ0v) is 18.0. The quantitative estimate of drug-likeness (QED) is 0.424. The zero-order chi connectivity index (χ0) is 21.8. The minimum absolute atomic E-state index is 0.212. The molecule has 0 unspecified atom stereocenters. The van der Waals surface area contributed by atoms with Crippen LogP contribution in [0.4, 0.5) is 5.69 Å². The van der Waals surface area contributed by atoms with Crippen molar-refractivity contribution >= 4 is 40.0 Å². The molecule has 4 rings (SSSR count). The second-order valence-corrected chi connectivity index (χ2v) is 7.30. The van der Waals surface area contributed by atoms with E-state index in [0.29, 0.717) is 34.0 Å². The van der Waals surface area contributed by atoms with E-state index in [1.54, 1.807) is 19.2 Å². The smallest absolute Gasteiger partial charge is 0.257 e. The molecule has 31 heavy (non-hydrogen) atoms. The third-order valence-electron chi connectivity index (χ3n) is 4.81. The summed E-state index contributed by atoms with van der Waals surface area (Å²) in [5.41, 5.74) is 4.60. The molecule has 0 saturated heterocycles. The van der Waals surface area contributed by atoms with Gasteiger partial charge >= 0.3 is 0 Å². The number of ether oxygens (including phenoxy) is 1. The Bertz CT molecular complexity index is 1250. The highest BCUT2D eigenvalue weighted by Crippen LogP contribution is 2.28. The van der Waals surface area contributed by atoms with E-state index >= 15 is 0 Å². The van der Waals surface area contributed by atoms with E-state index in [-0.39, 0.29) is 11.0 Å². The number of benzene rings is 3. The number of methoxy groups -OCH3 is 1. The first-order valence-electron chi connectivity index (χ1n) is 9.82. The van der Waals surface area contributed by atoms with Crippen molar-refractivity contribution in [3.63, 3.8) is 0 Å². The number of nitrogens with zero attached hydrogens (tertiary/aromatic N) is 1. The van der Waals surface area contributed by atoms with Crippen LogP contribution in [-0.4, -0.2) is 23.1 Å². The van der Waals surface area contributed by atoms with Crippen LogP contribution in [0.3, 0.4) is 0 Å². The number of hydrogen-bond acceptors (Lipinski definition) is 5. The number of aryl methyl sites for hydroxylation is 1. The number of fused-ring (bicyclic) bond motifs is 1. The van der Waals surface area contributed by atoms with Gasteiger partial charge in [-0.15, -0.1) is 0 Å². The fourth-order valence-corrected chi connectivity index (χ4v) is 3.33. The fraction of sp³-hybridized carbons (Fsp3) is 0.125. The van der Waals surface area contributed by atoms with E-state index in [9.17, 15) is 4.79 Å². The molecule has 1 aromatic heterocycles. The van der Waals surface area contributed by atoms with Gasteiger partial charge in [-0.25, -0.2) is 4.98 Å². The molecule has 2 N–H and O–H groups in total. The van der Waals surface area contributed by atoms with Gasteiger partial charge in [0.05, 0.1) is 7.11 Å². The molecule has 0 fully saturated rings. The van der Waals surface area contributed by atoms with E-state index in [1.807, 2.05) is 54.6 Å². The monoisotopic (exact) mass is 431 g/mol. The van der Waals surface area contributed by atoms with Crippen LogP contribution in [0.5, 0.6) is 5.75 Å². The van der Waals surface area contributed by atoms with Crippen molar-refractivity contribution in [2.45, 2.75) is 13.3 Å². The molecule has 0 aliphatic rings. The van der Waals surface area contributed by atoms with Crippen molar-refractivity contribution in [3.05, 3.63) is 77.9 Å². The SMILES string of the molecule is CCc1ccc(C(=O)NC(=S)Nc2cccc(-c3nc4cc(OC)ccc4o3)c2)cc1. The highest BCUT2D eigenvalue weighted by atomic mass is 32.1. The molecule has 0 aliphatic heterocycles. The molecule has 1 heterocycles. The summed E-state index contributed by atoms with van der Waals surface area (Å²) in [7, 11) is 1.61.